The van der Waals surface area contributed by atoms with E-state index < -0.39 is 35.5 Å². The van der Waals surface area contributed by atoms with Crippen LogP contribution in [-0.4, -0.2) is 53.5 Å². The van der Waals surface area contributed by atoms with E-state index in [1.165, 1.54) is 6.92 Å². The number of rotatable bonds is 9. The van der Waals surface area contributed by atoms with E-state index in [1.807, 2.05) is 36.4 Å². The molecule has 176 valence electrons. The number of benzene rings is 2. The first kappa shape index (κ1) is 24.3. The van der Waals surface area contributed by atoms with Gasteiger partial charge >= 0.3 is 12.1 Å². The van der Waals surface area contributed by atoms with Crippen molar-refractivity contribution < 1.29 is 29.3 Å². The molecule has 3 rings (SSSR count). The molecule has 2 amide bonds. The molecule has 0 aromatic heterocycles. The standard InChI is InChI=1S/C25H30N2O6/c1-4-25(3,23(31)27-21(15(2)28)22(29)30)14-26-24(32)33-13-20-18-11-7-5-9-16(18)17-10-6-8-12-19(17)20/h5-12,15,20-21,28H,4,13-14H2,1-3H3,(H,26,32)(H,27,31)(H,29,30)/t15-,21+,25?/m1/s1. The second kappa shape index (κ2) is 10.0. The predicted octanol–water partition coefficient (Wildman–Crippen LogP) is 2.89. The molecule has 0 radical (unpaired) electrons. The highest BCUT2D eigenvalue weighted by Crippen LogP contribution is 2.44. The number of aliphatic carboxylic acids is 1. The molecule has 0 bridgehead atoms. The summed E-state index contributed by atoms with van der Waals surface area (Å²) < 4.78 is 5.50. The number of carbonyl (C=O) groups is 3. The number of aliphatic hydroxyl groups excluding tert-OH is 1. The fraction of sp³-hybridized carbons (Fsp3) is 0.400. The minimum Gasteiger partial charge on any atom is -0.480 e. The van der Waals surface area contributed by atoms with Crippen molar-refractivity contribution >= 4 is 18.0 Å². The van der Waals surface area contributed by atoms with Crippen molar-refractivity contribution in [1.82, 2.24) is 10.6 Å². The number of nitrogens with one attached hydrogen (secondary N) is 2. The highest BCUT2D eigenvalue weighted by Gasteiger charge is 2.36. The Bertz CT molecular complexity index is 992. The molecule has 0 spiro atoms. The second-order valence-corrected chi connectivity index (χ2v) is 8.62. The highest BCUT2D eigenvalue weighted by atomic mass is 16.5. The summed E-state index contributed by atoms with van der Waals surface area (Å²) in [5.41, 5.74) is 3.38. The molecule has 2 aromatic carbocycles. The number of amides is 2. The van der Waals surface area contributed by atoms with Gasteiger partial charge in [0.1, 0.15) is 6.61 Å². The minimum atomic E-state index is -1.43. The van der Waals surface area contributed by atoms with Crippen LogP contribution < -0.4 is 10.6 Å². The molecule has 0 saturated heterocycles. The zero-order valence-corrected chi connectivity index (χ0v) is 19.0. The lowest BCUT2D eigenvalue weighted by atomic mass is 9.86. The number of carboxylic acids is 1. The highest BCUT2D eigenvalue weighted by molar-refractivity contribution is 5.88. The number of carboxylic acid groups (broad SMARTS) is 1. The smallest absolute Gasteiger partial charge is 0.407 e. The Kier molecular flexibility index (Phi) is 7.38. The quantitative estimate of drug-likeness (QED) is 0.462. The largest absolute Gasteiger partial charge is 0.480 e. The summed E-state index contributed by atoms with van der Waals surface area (Å²) in [7, 11) is 0. The number of ether oxygens (including phenoxy) is 1. The van der Waals surface area contributed by atoms with Crippen LogP contribution >= 0.6 is 0 Å². The minimum absolute atomic E-state index is 0.0435. The predicted molar refractivity (Wildman–Crippen MR) is 123 cm³/mol. The molecule has 1 unspecified atom stereocenters. The van der Waals surface area contributed by atoms with Crippen molar-refractivity contribution in [1.29, 1.82) is 0 Å². The molecule has 8 nitrogen and oxygen atoms in total. The Morgan fingerprint density at radius 3 is 2.09 bits per heavy atom. The van der Waals surface area contributed by atoms with Gasteiger partial charge in [0.05, 0.1) is 11.5 Å². The second-order valence-electron chi connectivity index (χ2n) is 8.62. The average molecular weight is 455 g/mol. The summed E-state index contributed by atoms with van der Waals surface area (Å²) in [6.45, 7) is 4.78. The van der Waals surface area contributed by atoms with Gasteiger partial charge in [0.25, 0.3) is 0 Å². The van der Waals surface area contributed by atoms with Crippen molar-refractivity contribution in [2.24, 2.45) is 5.41 Å². The third-order valence-electron chi connectivity index (χ3n) is 6.33. The molecule has 2 aromatic rings. The van der Waals surface area contributed by atoms with Gasteiger partial charge in [0.15, 0.2) is 6.04 Å². The molecule has 3 atom stereocenters. The maximum Gasteiger partial charge on any atom is 0.407 e. The van der Waals surface area contributed by atoms with Crippen LogP contribution in [0.3, 0.4) is 0 Å². The van der Waals surface area contributed by atoms with Gasteiger partial charge in [-0.05, 0) is 42.5 Å². The lowest BCUT2D eigenvalue weighted by Gasteiger charge is -2.29. The first-order valence-electron chi connectivity index (χ1n) is 11.0. The van der Waals surface area contributed by atoms with E-state index in [4.69, 9.17) is 4.74 Å². The molecule has 1 aliphatic carbocycles. The van der Waals surface area contributed by atoms with Gasteiger partial charge in [0.2, 0.25) is 5.91 Å². The molecule has 0 heterocycles. The zero-order chi connectivity index (χ0) is 24.2. The molecule has 33 heavy (non-hydrogen) atoms. The molecule has 8 heteroatoms. The number of hydrogen-bond acceptors (Lipinski definition) is 5. The van der Waals surface area contributed by atoms with Gasteiger partial charge in [-0.15, -0.1) is 0 Å². The lowest BCUT2D eigenvalue weighted by Crippen LogP contribution is -2.54. The van der Waals surface area contributed by atoms with Gasteiger partial charge in [-0.1, -0.05) is 55.5 Å². The molecule has 0 saturated carbocycles. The molecular formula is C25H30N2O6. The van der Waals surface area contributed by atoms with Crippen molar-refractivity contribution in [3.8, 4) is 11.1 Å². The van der Waals surface area contributed by atoms with Crippen molar-refractivity contribution in [2.45, 2.75) is 45.3 Å². The van der Waals surface area contributed by atoms with Crippen LogP contribution in [0.1, 0.15) is 44.2 Å². The van der Waals surface area contributed by atoms with Gasteiger partial charge in [-0.3, -0.25) is 4.79 Å². The van der Waals surface area contributed by atoms with Crippen molar-refractivity contribution in [2.75, 3.05) is 13.2 Å². The first-order chi connectivity index (χ1) is 15.7. The van der Waals surface area contributed by atoms with E-state index in [9.17, 15) is 24.6 Å². The Morgan fingerprint density at radius 2 is 1.61 bits per heavy atom. The van der Waals surface area contributed by atoms with E-state index in [-0.39, 0.29) is 19.1 Å². The van der Waals surface area contributed by atoms with Crippen LogP contribution in [0.15, 0.2) is 48.5 Å². The van der Waals surface area contributed by atoms with Crippen LogP contribution in [0.5, 0.6) is 0 Å². The summed E-state index contributed by atoms with van der Waals surface area (Å²) in [5.74, 6) is -1.98. The zero-order valence-electron chi connectivity index (χ0n) is 19.0. The number of hydrogen-bond donors (Lipinski definition) is 4. The van der Waals surface area contributed by atoms with Crippen molar-refractivity contribution in [3.05, 3.63) is 59.7 Å². The fourth-order valence-corrected chi connectivity index (χ4v) is 3.99. The van der Waals surface area contributed by atoms with Crippen LogP contribution in [0.4, 0.5) is 4.79 Å². The Morgan fingerprint density at radius 1 is 1.06 bits per heavy atom. The van der Waals surface area contributed by atoms with E-state index in [0.717, 1.165) is 22.3 Å². The fourth-order valence-electron chi connectivity index (χ4n) is 3.99. The van der Waals surface area contributed by atoms with Crippen LogP contribution in [0.25, 0.3) is 11.1 Å². The monoisotopic (exact) mass is 454 g/mol. The van der Waals surface area contributed by atoms with E-state index in [0.29, 0.717) is 6.42 Å². The summed E-state index contributed by atoms with van der Waals surface area (Å²) >= 11 is 0. The Balaban J connectivity index is 1.61. The summed E-state index contributed by atoms with van der Waals surface area (Å²) in [4.78, 5) is 36.4. The van der Waals surface area contributed by atoms with Crippen LogP contribution in [0, 0.1) is 5.41 Å². The van der Waals surface area contributed by atoms with Gasteiger partial charge in [-0.2, -0.15) is 0 Å². The third-order valence-corrected chi connectivity index (χ3v) is 6.33. The van der Waals surface area contributed by atoms with Gasteiger partial charge in [-0.25, -0.2) is 9.59 Å². The Hall–Kier alpha value is -3.39. The summed E-state index contributed by atoms with van der Waals surface area (Å²) in [6.07, 6.45) is -1.58. The maximum absolute atomic E-state index is 12.7. The first-order valence-corrected chi connectivity index (χ1v) is 11.0. The van der Waals surface area contributed by atoms with Crippen LogP contribution in [0.2, 0.25) is 0 Å². The molecule has 4 N–H and O–H groups in total. The Labute approximate surface area is 193 Å². The molecule has 0 fully saturated rings. The molecule has 1 aliphatic rings. The number of alkyl carbamates (subject to hydrolysis) is 1. The van der Waals surface area contributed by atoms with E-state index in [1.54, 1.807) is 13.8 Å². The SMILES string of the molecule is CCC(C)(CNC(=O)OCC1c2ccccc2-c2ccccc21)C(=O)N[C@H](C(=O)O)[C@@H](C)O. The van der Waals surface area contributed by atoms with E-state index in [2.05, 4.69) is 22.8 Å². The van der Waals surface area contributed by atoms with Gasteiger partial charge in [0, 0.05) is 12.5 Å². The number of carbonyl (C=O) groups excluding carboxylic acids is 2. The summed E-state index contributed by atoms with van der Waals surface area (Å²) in [5, 5.41) is 23.8. The topological polar surface area (TPSA) is 125 Å². The van der Waals surface area contributed by atoms with E-state index >= 15 is 0 Å². The number of fused-ring (bicyclic) bond motifs is 3. The third kappa shape index (κ3) is 5.17. The lowest BCUT2D eigenvalue weighted by molar-refractivity contribution is -0.146. The van der Waals surface area contributed by atoms with Crippen LogP contribution in [-0.2, 0) is 14.3 Å². The number of aliphatic hydroxyl groups is 1. The van der Waals surface area contributed by atoms with Gasteiger partial charge < -0.3 is 25.6 Å². The molecule has 0 aliphatic heterocycles. The average Bonchev–Trinajstić information content (AvgIpc) is 3.12. The normalized spacial score (nSPS) is 16.0. The van der Waals surface area contributed by atoms with Crippen molar-refractivity contribution in [3.63, 3.8) is 0 Å². The molecular weight excluding hydrogens is 424 g/mol. The summed E-state index contributed by atoms with van der Waals surface area (Å²) in [6, 6.07) is 14.6. The maximum atomic E-state index is 12.7.